The Kier molecular flexibility index (Phi) is 6.67. The van der Waals surface area contributed by atoms with E-state index < -0.39 is 5.91 Å². The molecule has 0 heterocycles. The molecule has 7 nitrogen and oxygen atoms in total. The topological polar surface area (TPSA) is 89.8 Å². The standard InChI is InChI=1S/C20H20N2O5/c1-24-16-8-6-5-7-15(16)22-20(23)14(12-21)9-13-10-17(25-2)19(27-4)18(11-13)26-3/h5-11H,1-4H3,(H,22,23)/b14-9-. The summed E-state index contributed by atoms with van der Waals surface area (Å²) < 4.78 is 21.0. The third-order valence-corrected chi connectivity index (χ3v) is 3.72. The van der Waals surface area contributed by atoms with Gasteiger partial charge in [-0.15, -0.1) is 0 Å². The Hall–Kier alpha value is -3.66. The normalized spacial score (nSPS) is 10.6. The van der Waals surface area contributed by atoms with Crippen LogP contribution in [0.2, 0.25) is 0 Å². The molecule has 27 heavy (non-hydrogen) atoms. The first-order valence-electron chi connectivity index (χ1n) is 7.94. The van der Waals surface area contributed by atoms with Crippen molar-refractivity contribution in [2.75, 3.05) is 33.8 Å². The Morgan fingerprint density at radius 1 is 0.963 bits per heavy atom. The summed E-state index contributed by atoms with van der Waals surface area (Å²) in [5, 5.41) is 12.1. The van der Waals surface area contributed by atoms with Gasteiger partial charge in [-0.25, -0.2) is 0 Å². The molecule has 0 aliphatic rings. The molecule has 2 rings (SSSR count). The number of anilines is 1. The van der Waals surface area contributed by atoms with Gasteiger partial charge in [-0.3, -0.25) is 4.79 Å². The summed E-state index contributed by atoms with van der Waals surface area (Å²) >= 11 is 0. The largest absolute Gasteiger partial charge is 0.495 e. The zero-order valence-electron chi connectivity index (χ0n) is 15.5. The number of amides is 1. The van der Waals surface area contributed by atoms with Crippen molar-refractivity contribution < 1.29 is 23.7 Å². The second-order valence-corrected chi connectivity index (χ2v) is 5.28. The van der Waals surface area contributed by atoms with E-state index in [9.17, 15) is 10.1 Å². The number of rotatable bonds is 7. The van der Waals surface area contributed by atoms with Crippen LogP contribution in [0, 0.1) is 11.3 Å². The summed E-state index contributed by atoms with van der Waals surface area (Å²) in [5.41, 5.74) is 0.933. The molecule has 0 unspecified atom stereocenters. The van der Waals surface area contributed by atoms with E-state index in [4.69, 9.17) is 18.9 Å². The molecule has 0 aliphatic carbocycles. The van der Waals surface area contributed by atoms with Crippen LogP contribution in [0.3, 0.4) is 0 Å². The van der Waals surface area contributed by atoms with Crippen molar-refractivity contribution in [2.45, 2.75) is 0 Å². The fourth-order valence-corrected chi connectivity index (χ4v) is 2.44. The number of carbonyl (C=O) groups excluding carboxylic acids is 1. The molecular weight excluding hydrogens is 348 g/mol. The minimum Gasteiger partial charge on any atom is -0.495 e. The predicted octanol–water partition coefficient (Wildman–Crippen LogP) is 3.27. The van der Waals surface area contributed by atoms with Crippen LogP contribution in [0.5, 0.6) is 23.0 Å². The summed E-state index contributed by atoms with van der Waals surface area (Å²) in [7, 11) is 5.98. The number of hydrogen-bond acceptors (Lipinski definition) is 6. The molecule has 2 aromatic rings. The Morgan fingerprint density at radius 3 is 2.07 bits per heavy atom. The van der Waals surface area contributed by atoms with E-state index in [0.717, 1.165) is 0 Å². The van der Waals surface area contributed by atoms with Gasteiger partial charge >= 0.3 is 0 Å². The first kappa shape index (κ1) is 19.7. The first-order valence-corrected chi connectivity index (χ1v) is 7.94. The third kappa shape index (κ3) is 4.50. The lowest BCUT2D eigenvalue weighted by atomic mass is 10.1. The van der Waals surface area contributed by atoms with Gasteiger partial charge in [0.05, 0.1) is 34.1 Å². The molecule has 140 valence electrons. The van der Waals surface area contributed by atoms with Crippen LogP contribution in [-0.4, -0.2) is 34.3 Å². The van der Waals surface area contributed by atoms with Crippen LogP contribution >= 0.6 is 0 Å². The van der Waals surface area contributed by atoms with Crippen LogP contribution in [0.15, 0.2) is 42.0 Å². The quantitative estimate of drug-likeness (QED) is 0.596. The van der Waals surface area contributed by atoms with Crippen molar-refractivity contribution in [1.82, 2.24) is 0 Å². The minimum absolute atomic E-state index is 0.0878. The van der Waals surface area contributed by atoms with Crippen molar-refractivity contribution in [2.24, 2.45) is 0 Å². The summed E-state index contributed by atoms with van der Waals surface area (Å²) in [6.45, 7) is 0. The van der Waals surface area contributed by atoms with Crippen LogP contribution in [-0.2, 0) is 4.79 Å². The zero-order chi connectivity index (χ0) is 19.8. The van der Waals surface area contributed by atoms with Gasteiger partial charge in [0, 0.05) is 0 Å². The van der Waals surface area contributed by atoms with Crippen molar-refractivity contribution >= 4 is 17.7 Å². The molecule has 0 spiro atoms. The zero-order valence-corrected chi connectivity index (χ0v) is 15.5. The highest BCUT2D eigenvalue weighted by molar-refractivity contribution is 6.10. The SMILES string of the molecule is COc1ccccc1NC(=O)/C(C#N)=C\c1cc(OC)c(OC)c(OC)c1. The lowest BCUT2D eigenvalue weighted by Gasteiger charge is -2.13. The number of benzene rings is 2. The van der Waals surface area contributed by atoms with Gasteiger partial charge in [0.25, 0.3) is 5.91 Å². The van der Waals surface area contributed by atoms with Gasteiger partial charge in [0.1, 0.15) is 17.4 Å². The van der Waals surface area contributed by atoms with E-state index in [1.165, 1.54) is 34.5 Å². The van der Waals surface area contributed by atoms with Crippen molar-refractivity contribution in [3.05, 3.63) is 47.5 Å². The van der Waals surface area contributed by atoms with E-state index in [0.29, 0.717) is 34.2 Å². The van der Waals surface area contributed by atoms with Gasteiger partial charge in [-0.2, -0.15) is 5.26 Å². The van der Waals surface area contributed by atoms with Crippen molar-refractivity contribution in [1.29, 1.82) is 5.26 Å². The number of nitriles is 1. The number of nitrogens with one attached hydrogen (secondary N) is 1. The van der Waals surface area contributed by atoms with Gasteiger partial charge in [0.15, 0.2) is 11.5 Å². The molecule has 0 atom stereocenters. The molecule has 0 radical (unpaired) electrons. The predicted molar refractivity (Wildman–Crippen MR) is 101 cm³/mol. The molecule has 0 bridgehead atoms. The van der Waals surface area contributed by atoms with Crippen LogP contribution in [0.1, 0.15) is 5.56 Å². The molecule has 0 saturated heterocycles. The monoisotopic (exact) mass is 368 g/mol. The van der Waals surface area contributed by atoms with Gasteiger partial charge in [-0.1, -0.05) is 12.1 Å². The maximum Gasteiger partial charge on any atom is 0.266 e. The molecule has 0 saturated carbocycles. The summed E-state index contributed by atoms with van der Waals surface area (Å²) in [5.74, 6) is 1.21. The van der Waals surface area contributed by atoms with E-state index in [1.54, 1.807) is 36.4 Å². The van der Waals surface area contributed by atoms with E-state index in [-0.39, 0.29) is 5.57 Å². The highest BCUT2D eigenvalue weighted by Crippen LogP contribution is 2.38. The molecule has 2 aromatic carbocycles. The molecule has 1 N–H and O–H groups in total. The first-order chi connectivity index (χ1) is 13.1. The van der Waals surface area contributed by atoms with Crippen molar-refractivity contribution in [3.8, 4) is 29.1 Å². The Bertz CT molecular complexity index is 874. The molecule has 0 aromatic heterocycles. The highest BCUT2D eigenvalue weighted by Gasteiger charge is 2.15. The number of para-hydroxylation sites is 2. The van der Waals surface area contributed by atoms with Gasteiger partial charge in [0.2, 0.25) is 5.75 Å². The van der Waals surface area contributed by atoms with Gasteiger partial charge in [-0.05, 0) is 35.9 Å². The second kappa shape index (κ2) is 9.15. The maximum absolute atomic E-state index is 12.5. The van der Waals surface area contributed by atoms with Crippen molar-refractivity contribution in [3.63, 3.8) is 0 Å². The lowest BCUT2D eigenvalue weighted by Crippen LogP contribution is -2.14. The number of methoxy groups -OCH3 is 4. The molecule has 1 amide bonds. The molecule has 0 aliphatic heterocycles. The summed E-state index contributed by atoms with van der Waals surface area (Å²) in [6.07, 6.45) is 1.44. The van der Waals surface area contributed by atoms with Crippen LogP contribution in [0.4, 0.5) is 5.69 Å². The fraction of sp³-hybridized carbons (Fsp3) is 0.200. The Labute approximate surface area is 157 Å². The average molecular weight is 368 g/mol. The average Bonchev–Trinajstić information content (AvgIpc) is 2.71. The number of hydrogen-bond donors (Lipinski definition) is 1. The maximum atomic E-state index is 12.5. The van der Waals surface area contributed by atoms with Crippen LogP contribution < -0.4 is 24.3 Å². The summed E-state index contributed by atoms with van der Waals surface area (Å²) in [6, 6.07) is 12.1. The Balaban J connectivity index is 2.38. The van der Waals surface area contributed by atoms with E-state index in [1.807, 2.05) is 6.07 Å². The molecule has 0 fully saturated rings. The van der Waals surface area contributed by atoms with E-state index in [2.05, 4.69) is 5.32 Å². The smallest absolute Gasteiger partial charge is 0.266 e. The Morgan fingerprint density at radius 2 is 1.56 bits per heavy atom. The highest BCUT2D eigenvalue weighted by atomic mass is 16.5. The van der Waals surface area contributed by atoms with Gasteiger partial charge < -0.3 is 24.3 Å². The second-order valence-electron chi connectivity index (χ2n) is 5.28. The van der Waals surface area contributed by atoms with Crippen LogP contribution in [0.25, 0.3) is 6.08 Å². The number of nitrogens with zero attached hydrogens (tertiary/aromatic N) is 1. The summed E-state index contributed by atoms with van der Waals surface area (Å²) in [4.78, 5) is 12.5. The third-order valence-electron chi connectivity index (χ3n) is 3.72. The number of carbonyl (C=O) groups is 1. The molecule has 7 heteroatoms. The lowest BCUT2D eigenvalue weighted by molar-refractivity contribution is -0.112. The fourth-order valence-electron chi connectivity index (χ4n) is 2.44. The van der Waals surface area contributed by atoms with E-state index >= 15 is 0 Å². The number of ether oxygens (including phenoxy) is 4. The molecular formula is C20H20N2O5. The minimum atomic E-state index is -0.559.